The van der Waals surface area contributed by atoms with Crippen molar-refractivity contribution in [3.05, 3.63) is 65.9 Å². The number of hydrogen-bond donors (Lipinski definition) is 3. The summed E-state index contributed by atoms with van der Waals surface area (Å²) in [6.07, 6.45) is 9.09. The lowest BCUT2D eigenvalue weighted by Crippen LogP contribution is -2.43. The van der Waals surface area contributed by atoms with E-state index in [-0.39, 0.29) is 18.0 Å². The number of rotatable bonds is 6. The Kier molecular flexibility index (Phi) is 6.39. The van der Waals surface area contributed by atoms with Gasteiger partial charge in [-0.3, -0.25) is 14.0 Å². The first-order chi connectivity index (χ1) is 17.8. The molecule has 37 heavy (non-hydrogen) atoms. The standard InChI is InChI=1S/C27H30N8O2/c1-17(2)32-22-13-24(35-11-7-19-12-18(14-28)15-30-25(19)35)29-16-21(22)26(36)33-20-4-8-27(37,9-5-20)23-6-10-31-34(23)3/h6-7,10-13,15-17,20,37H,4-5,8-9H2,1-3H3,(H,29,32)(H,33,36). The molecule has 1 fully saturated rings. The fourth-order valence-electron chi connectivity index (χ4n) is 5.05. The molecule has 3 N–H and O–H groups in total. The summed E-state index contributed by atoms with van der Waals surface area (Å²) >= 11 is 0. The van der Waals surface area contributed by atoms with Crippen molar-refractivity contribution in [3.63, 3.8) is 0 Å². The zero-order valence-corrected chi connectivity index (χ0v) is 21.1. The van der Waals surface area contributed by atoms with Gasteiger partial charge in [0.2, 0.25) is 0 Å². The lowest BCUT2D eigenvalue weighted by Gasteiger charge is -2.36. The summed E-state index contributed by atoms with van der Waals surface area (Å²) in [7, 11) is 1.83. The third-order valence-electron chi connectivity index (χ3n) is 6.93. The number of pyridine rings is 2. The van der Waals surface area contributed by atoms with E-state index in [4.69, 9.17) is 5.26 Å². The summed E-state index contributed by atoms with van der Waals surface area (Å²) in [6, 6.07) is 9.53. The van der Waals surface area contributed by atoms with Crippen LogP contribution in [0.15, 0.2) is 49.1 Å². The number of nitrogens with zero attached hydrogens (tertiary/aromatic N) is 6. The second-order valence-electron chi connectivity index (χ2n) is 9.94. The molecule has 190 valence electrons. The number of aryl methyl sites for hydroxylation is 1. The maximum Gasteiger partial charge on any atom is 0.255 e. The van der Waals surface area contributed by atoms with E-state index in [1.54, 1.807) is 23.1 Å². The molecule has 0 spiro atoms. The topological polar surface area (TPSA) is 134 Å². The van der Waals surface area contributed by atoms with Crippen molar-refractivity contribution < 1.29 is 9.90 Å². The molecule has 4 aromatic heterocycles. The number of nitrogens with one attached hydrogen (secondary N) is 2. The first kappa shape index (κ1) is 24.5. The maximum atomic E-state index is 13.3. The van der Waals surface area contributed by atoms with E-state index < -0.39 is 5.60 Å². The number of nitriles is 1. The number of carbonyl (C=O) groups is 1. The number of amides is 1. The first-order valence-corrected chi connectivity index (χ1v) is 12.4. The van der Waals surface area contributed by atoms with Crippen molar-refractivity contribution in [1.29, 1.82) is 5.26 Å². The Balaban J connectivity index is 1.35. The molecule has 0 aliphatic heterocycles. The highest BCUT2D eigenvalue weighted by Gasteiger charge is 2.37. The lowest BCUT2D eigenvalue weighted by atomic mass is 9.80. The van der Waals surface area contributed by atoms with Gasteiger partial charge in [-0.15, -0.1) is 0 Å². The van der Waals surface area contributed by atoms with E-state index in [1.807, 2.05) is 49.9 Å². The summed E-state index contributed by atoms with van der Waals surface area (Å²) in [5.74, 6) is 0.415. The third-order valence-corrected chi connectivity index (χ3v) is 6.93. The van der Waals surface area contributed by atoms with Crippen LogP contribution in [0.25, 0.3) is 16.9 Å². The van der Waals surface area contributed by atoms with E-state index >= 15 is 0 Å². The minimum Gasteiger partial charge on any atom is -0.384 e. The molecule has 0 saturated heterocycles. The van der Waals surface area contributed by atoms with Gasteiger partial charge in [0.15, 0.2) is 0 Å². The maximum absolute atomic E-state index is 13.3. The van der Waals surface area contributed by atoms with Crippen LogP contribution in [0.5, 0.6) is 0 Å². The van der Waals surface area contributed by atoms with E-state index in [1.165, 1.54) is 6.20 Å². The summed E-state index contributed by atoms with van der Waals surface area (Å²) < 4.78 is 3.55. The SMILES string of the molecule is CC(C)Nc1cc(-n2ccc3cc(C#N)cnc32)ncc1C(=O)NC1CCC(O)(c2ccnn2C)CC1. The van der Waals surface area contributed by atoms with Gasteiger partial charge in [0.1, 0.15) is 23.1 Å². The number of fused-ring (bicyclic) bond motifs is 1. The van der Waals surface area contributed by atoms with Gasteiger partial charge in [-0.05, 0) is 57.7 Å². The zero-order chi connectivity index (χ0) is 26.2. The fraction of sp³-hybridized carbons (Fsp3) is 0.370. The average Bonchev–Trinajstić information content (AvgIpc) is 3.51. The van der Waals surface area contributed by atoms with Gasteiger partial charge in [0, 0.05) is 55.4 Å². The monoisotopic (exact) mass is 498 g/mol. The average molecular weight is 499 g/mol. The first-order valence-electron chi connectivity index (χ1n) is 12.4. The lowest BCUT2D eigenvalue weighted by molar-refractivity contribution is -0.0149. The Bertz CT molecular complexity index is 1490. The van der Waals surface area contributed by atoms with Gasteiger partial charge in [0.05, 0.1) is 22.5 Å². The van der Waals surface area contributed by atoms with Gasteiger partial charge in [-0.1, -0.05) is 0 Å². The van der Waals surface area contributed by atoms with Crippen LogP contribution in [0.2, 0.25) is 0 Å². The van der Waals surface area contributed by atoms with Gasteiger partial charge in [0.25, 0.3) is 5.91 Å². The smallest absolute Gasteiger partial charge is 0.255 e. The third kappa shape index (κ3) is 4.78. The molecule has 0 atom stereocenters. The van der Waals surface area contributed by atoms with Crippen LogP contribution in [0.1, 0.15) is 61.1 Å². The molecule has 0 aromatic carbocycles. The molecule has 10 nitrogen and oxygen atoms in total. The number of carbonyl (C=O) groups excluding carboxylic acids is 1. The molecule has 1 amide bonds. The van der Waals surface area contributed by atoms with E-state index in [0.717, 1.165) is 11.1 Å². The van der Waals surface area contributed by atoms with Crippen molar-refractivity contribution >= 4 is 22.6 Å². The number of anilines is 1. The Hall–Kier alpha value is -4.23. The minimum absolute atomic E-state index is 0.0421. The highest BCUT2D eigenvalue weighted by Crippen LogP contribution is 2.37. The van der Waals surface area contributed by atoms with E-state index in [9.17, 15) is 9.90 Å². The second-order valence-corrected chi connectivity index (χ2v) is 9.94. The number of hydrogen-bond acceptors (Lipinski definition) is 7. The number of aromatic nitrogens is 5. The predicted octanol–water partition coefficient (Wildman–Crippen LogP) is 3.41. The van der Waals surface area contributed by atoms with Crippen molar-refractivity contribution in [1.82, 2.24) is 29.6 Å². The van der Waals surface area contributed by atoms with Gasteiger partial charge >= 0.3 is 0 Å². The quantitative estimate of drug-likeness (QED) is 0.371. The molecular formula is C27H30N8O2. The molecule has 0 bridgehead atoms. The van der Waals surface area contributed by atoms with E-state index in [2.05, 4.69) is 31.8 Å². The summed E-state index contributed by atoms with van der Waals surface area (Å²) in [5.41, 5.74) is 2.19. The van der Waals surface area contributed by atoms with E-state index in [0.29, 0.717) is 54.0 Å². The molecule has 10 heteroatoms. The normalized spacial score (nSPS) is 19.6. The van der Waals surface area contributed by atoms with Crippen LogP contribution in [0, 0.1) is 11.3 Å². The van der Waals surface area contributed by atoms with Gasteiger partial charge < -0.3 is 15.7 Å². The highest BCUT2D eigenvalue weighted by molar-refractivity contribution is 5.99. The molecule has 5 rings (SSSR count). The second kappa shape index (κ2) is 9.67. The fourth-order valence-corrected chi connectivity index (χ4v) is 5.05. The number of aliphatic hydroxyl groups is 1. The van der Waals surface area contributed by atoms with Crippen molar-refractivity contribution in [2.24, 2.45) is 7.05 Å². The molecule has 1 aliphatic carbocycles. The highest BCUT2D eigenvalue weighted by atomic mass is 16.3. The van der Waals surface area contributed by atoms with Crippen molar-refractivity contribution in [3.8, 4) is 11.9 Å². The summed E-state index contributed by atoms with van der Waals surface area (Å²) in [4.78, 5) is 22.3. The molecule has 4 aromatic rings. The molecule has 1 saturated carbocycles. The summed E-state index contributed by atoms with van der Waals surface area (Å²) in [5, 5.41) is 31.8. The molecule has 0 radical (unpaired) electrons. The minimum atomic E-state index is -0.929. The van der Waals surface area contributed by atoms with Gasteiger partial charge in [-0.2, -0.15) is 10.4 Å². The Morgan fingerprint density at radius 3 is 2.68 bits per heavy atom. The largest absolute Gasteiger partial charge is 0.384 e. The Morgan fingerprint density at radius 2 is 2.00 bits per heavy atom. The molecular weight excluding hydrogens is 468 g/mol. The Labute approximate surface area is 215 Å². The Morgan fingerprint density at radius 1 is 1.22 bits per heavy atom. The molecule has 1 aliphatic rings. The zero-order valence-electron chi connectivity index (χ0n) is 21.1. The van der Waals surface area contributed by atoms with Crippen LogP contribution in [-0.2, 0) is 12.6 Å². The molecule has 0 unspecified atom stereocenters. The van der Waals surface area contributed by atoms with Crippen molar-refractivity contribution in [2.75, 3.05) is 5.32 Å². The van der Waals surface area contributed by atoms with Crippen LogP contribution in [-0.4, -0.2) is 47.4 Å². The van der Waals surface area contributed by atoms with Crippen LogP contribution in [0.3, 0.4) is 0 Å². The summed E-state index contributed by atoms with van der Waals surface area (Å²) in [6.45, 7) is 4.02. The van der Waals surface area contributed by atoms with Crippen LogP contribution < -0.4 is 10.6 Å². The van der Waals surface area contributed by atoms with Crippen LogP contribution >= 0.6 is 0 Å². The molecule has 4 heterocycles. The van der Waals surface area contributed by atoms with Gasteiger partial charge in [-0.25, -0.2) is 9.97 Å². The predicted molar refractivity (Wildman–Crippen MR) is 139 cm³/mol. The van der Waals surface area contributed by atoms with Crippen molar-refractivity contribution in [2.45, 2.75) is 57.2 Å². The van der Waals surface area contributed by atoms with Crippen LogP contribution in [0.4, 0.5) is 5.69 Å².